The van der Waals surface area contributed by atoms with Crippen LogP contribution >= 0.6 is 7.14 Å². The Morgan fingerprint density at radius 3 is 1.40 bits per heavy atom. The highest BCUT2D eigenvalue weighted by molar-refractivity contribution is 7.85. The van der Waals surface area contributed by atoms with Gasteiger partial charge in [0.2, 0.25) is 0 Å². The molecule has 0 heterocycles. The van der Waals surface area contributed by atoms with E-state index in [0.29, 0.717) is 0 Å². The van der Waals surface area contributed by atoms with E-state index >= 15 is 0 Å². The number of rotatable bonds is 5. The summed E-state index contributed by atoms with van der Waals surface area (Å²) in [6.07, 6.45) is 0. The number of hydrogen-bond acceptors (Lipinski definition) is 1. The fourth-order valence-corrected chi connectivity index (χ4v) is 8.41. The van der Waals surface area contributed by atoms with Crippen LogP contribution in [0.1, 0.15) is 0 Å². The molecule has 7 aromatic rings. The van der Waals surface area contributed by atoms with Gasteiger partial charge in [-0.2, -0.15) is 0 Å². The Morgan fingerprint density at radius 2 is 0.825 bits per heavy atom. The fourth-order valence-electron chi connectivity index (χ4n) is 5.77. The van der Waals surface area contributed by atoms with Crippen molar-refractivity contribution >= 4 is 44.6 Å². The molecular weight excluding hydrogens is 503 g/mol. The molecule has 1 nitrogen and oxygen atoms in total. The minimum absolute atomic E-state index is 0.838. The van der Waals surface area contributed by atoms with Crippen LogP contribution in [0.15, 0.2) is 164 Å². The molecule has 7 aromatic carbocycles. The molecule has 0 aromatic heterocycles. The van der Waals surface area contributed by atoms with E-state index in [0.717, 1.165) is 27.0 Å². The SMILES string of the molecule is O=P(c1ccccc1)(c1ccccc1)c1ccc(-c2cccc(-c3c4ccccc4cc4ccccc34)c2)cc1. The predicted molar refractivity (Wildman–Crippen MR) is 172 cm³/mol. The molecule has 0 bridgehead atoms. The highest BCUT2D eigenvalue weighted by Crippen LogP contribution is 2.43. The van der Waals surface area contributed by atoms with Gasteiger partial charge in [-0.1, -0.05) is 152 Å². The van der Waals surface area contributed by atoms with Gasteiger partial charge in [0, 0.05) is 15.9 Å². The summed E-state index contributed by atoms with van der Waals surface area (Å²) in [5.41, 5.74) is 4.68. The van der Waals surface area contributed by atoms with Gasteiger partial charge < -0.3 is 4.57 Å². The van der Waals surface area contributed by atoms with E-state index < -0.39 is 7.14 Å². The lowest BCUT2D eigenvalue weighted by Crippen LogP contribution is -2.24. The molecule has 2 heteroatoms. The van der Waals surface area contributed by atoms with E-state index in [1.807, 2.05) is 72.8 Å². The number of benzene rings is 7. The summed E-state index contributed by atoms with van der Waals surface area (Å²) in [5.74, 6) is 0. The van der Waals surface area contributed by atoms with Crippen LogP contribution in [0, 0.1) is 0 Å². The van der Waals surface area contributed by atoms with Gasteiger partial charge in [-0.05, 0) is 55.9 Å². The summed E-state index contributed by atoms with van der Waals surface area (Å²) in [6.45, 7) is 0. The van der Waals surface area contributed by atoms with E-state index in [1.165, 1.54) is 32.7 Å². The zero-order valence-corrected chi connectivity index (χ0v) is 22.8. The van der Waals surface area contributed by atoms with Crippen LogP contribution in [-0.2, 0) is 4.57 Å². The van der Waals surface area contributed by atoms with Gasteiger partial charge in [0.05, 0.1) is 0 Å². The van der Waals surface area contributed by atoms with Crippen molar-refractivity contribution in [1.82, 2.24) is 0 Å². The average molecular weight is 531 g/mol. The van der Waals surface area contributed by atoms with Gasteiger partial charge in [0.15, 0.2) is 7.14 Å². The average Bonchev–Trinajstić information content (AvgIpc) is 3.04. The molecule has 0 aliphatic rings. The van der Waals surface area contributed by atoms with Gasteiger partial charge in [0.25, 0.3) is 0 Å². The quantitative estimate of drug-likeness (QED) is 0.160. The van der Waals surface area contributed by atoms with Crippen molar-refractivity contribution in [3.05, 3.63) is 164 Å². The molecular formula is C38H27OP. The minimum Gasteiger partial charge on any atom is -0.309 e. The van der Waals surface area contributed by atoms with Gasteiger partial charge in [0.1, 0.15) is 0 Å². The molecule has 0 spiro atoms. The highest BCUT2D eigenvalue weighted by Gasteiger charge is 2.29. The Morgan fingerprint density at radius 1 is 0.350 bits per heavy atom. The molecule has 0 aliphatic heterocycles. The lowest BCUT2D eigenvalue weighted by atomic mass is 9.90. The van der Waals surface area contributed by atoms with Crippen molar-refractivity contribution < 1.29 is 4.57 Å². The topological polar surface area (TPSA) is 17.1 Å². The third-order valence-corrected chi connectivity index (χ3v) is 10.8. The van der Waals surface area contributed by atoms with Gasteiger partial charge in [-0.3, -0.25) is 0 Å². The largest absolute Gasteiger partial charge is 0.309 e. The third-order valence-electron chi connectivity index (χ3n) is 7.73. The predicted octanol–water partition coefficient (Wildman–Crippen LogP) is 8.97. The van der Waals surface area contributed by atoms with Gasteiger partial charge in [-0.25, -0.2) is 0 Å². The first-order valence-electron chi connectivity index (χ1n) is 13.5. The molecule has 0 atom stereocenters. The lowest BCUT2D eigenvalue weighted by Gasteiger charge is -2.20. The van der Waals surface area contributed by atoms with Crippen LogP contribution < -0.4 is 15.9 Å². The molecule has 190 valence electrons. The molecule has 0 amide bonds. The zero-order valence-electron chi connectivity index (χ0n) is 21.9. The lowest BCUT2D eigenvalue weighted by molar-refractivity contribution is 0.592. The summed E-state index contributed by atoms with van der Waals surface area (Å²) in [7, 11) is -3.00. The second kappa shape index (κ2) is 10.1. The van der Waals surface area contributed by atoms with E-state index in [-0.39, 0.29) is 0 Å². The molecule has 7 rings (SSSR count). The maximum Gasteiger partial charge on any atom is 0.171 e. The molecule has 0 saturated heterocycles. The van der Waals surface area contributed by atoms with E-state index in [1.54, 1.807) is 0 Å². The van der Waals surface area contributed by atoms with Crippen LogP contribution in [0.4, 0.5) is 0 Å². The van der Waals surface area contributed by atoms with E-state index in [2.05, 4.69) is 91.0 Å². The van der Waals surface area contributed by atoms with Crippen molar-refractivity contribution in [2.75, 3.05) is 0 Å². The smallest absolute Gasteiger partial charge is 0.171 e. The van der Waals surface area contributed by atoms with Crippen LogP contribution in [-0.4, -0.2) is 0 Å². The van der Waals surface area contributed by atoms with Gasteiger partial charge in [-0.15, -0.1) is 0 Å². The number of fused-ring (bicyclic) bond motifs is 2. The Balaban J connectivity index is 1.34. The molecule has 0 saturated carbocycles. The monoisotopic (exact) mass is 530 g/mol. The van der Waals surface area contributed by atoms with Crippen molar-refractivity contribution in [2.24, 2.45) is 0 Å². The Labute approximate surface area is 234 Å². The minimum atomic E-state index is -3.00. The molecule has 0 radical (unpaired) electrons. The van der Waals surface area contributed by atoms with E-state index in [9.17, 15) is 4.57 Å². The maximum absolute atomic E-state index is 14.8. The zero-order chi connectivity index (χ0) is 26.9. The Hall–Kier alpha value is -4.71. The van der Waals surface area contributed by atoms with Crippen molar-refractivity contribution in [2.45, 2.75) is 0 Å². The third kappa shape index (κ3) is 4.16. The summed E-state index contributed by atoms with van der Waals surface area (Å²) < 4.78 is 14.8. The number of hydrogen-bond donors (Lipinski definition) is 0. The Kier molecular flexibility index (Phi) is 6.16. The summed E-state index contributed by atoms with van der Waals surface area (Å²) >= 11 is 0. The van der Waals surface area contributed by atoms with Crippen LogP contribution in [0.25, 0.3) is 43.8 Å². The molecule has 0 fully saturated rings. The second-order valence-corrected chi connectivity index (χ2v) is 12.9. The van der Waals surface area contributed by atoms with Crippen molar-refractivity contribution in [3.8, 4) is 22.3 Å². The summed E-state index contributed by atoms with van der Waals surface area (Å²) in [4.78, 5) is 0. The van der Waals surface area contributed by atoms with Gasteiger partial charge >= 0.3 is 0 Å². The normalized spacial score (nSPS) is 11.6. The first-order chi connectivity index (χ1) is 19.7. The second-order valence-electron chi connectivity index (χ2n) is 10.1. The van der Waals surface area contributed by atoms with Crippen LogP contribution in [0.3, 0.4) is 0 Å². The van der Waals surface area contributed by atoms with Crippen molar-refractivity contribution in [1.29, 1.82) is 0 Å². The van der Waals surface area contributed by atoms with E-state index in [4.69, 9.17) is 0 Å². The highest BCUT2D eigenvalue weighted by atomic mass is 31.2. The van der Waals surface area contributed by atoms with Crippen LogP contribution in [0.2, 0.25) is 0 Å². The molecule has 0 unspecified atom stereocenters. The standard InChI is InChI=1S/C38H27OP/c39-40(33-16-3-1-4-17-33,34-18-5-2-6-19-34)35-24-22-28(23-25-35)29-14-11-15-32(26-29)38-36-20-9-7-12-30(36)27-31-13-8-10-21-37(31)38/h1-27H. The molecule has 0 N–H and O–H groups in total. The molecule has 40 heavy (non-hydrogen) atoms. The summed E-state index contributed by atoms with van der Waals surface area (Å²) in [5, 5.41) is 7.51. The fraction of sp³-hybridized carbons (Fsp3) is 0. The molecule has 0 aliphatic carbocycles. The van der Waals surface area contributed by atoms with Crippen LogP contribution in [0.5, 0.6) is 0 Å². The van der Waals surface area contributed by atoms with Crippen molar-refractivity contribution in [3.63, 3.8) is 0 Å². The Bertz CT molecular complexity index is 1910. The first kappa shape index (κ1) is 24.3. The summed E-state index contributed by atoms with van der Waals surface area (Å²) in [6, 6.07) is 56.2. The first-order valence-corrected chi connectivity index (χ1v) is 15.3. The maximum atomic E-state index is 14.8.